The van der Waals surface area contributed by atoms with Gasteiger partial charge in [-0.05, 0) is 25.8 Å². The van der Waals surface area contributed by atoms with E-state index >= 15 is 0 Å². The number of piperazine rings is 1. The molecule has 0 radical (unpaired) electrons. The molecular weight excluding hydrogens is 374 g/mol. The fourth-order valence-corrected chi connectivity index (χ4v) is 4.52. The highest BCUT2D eigenvalue weighted by Gasteiger charge is 2.41. The van der Waals surface area contributed by atoms with Crippen LogP contribution in [-0.4, -0.2) is 94.8 Å². The van der Waals surface area contributed by atoms with Gasteiger partial charge in [-0.3, -0.25) is 14.5 Å². The van der Waals surface area contributed by atoms with Crippen molar-refractivity contribution in [3.05, 3.63) is 18.5 Å². The maximum absolute atomic E-state index is 12.8. The fraction of sp³-hybridized carbons (Fsp3) is 0.700. The second-order valence-electron chi connectivity index (χ2n) is 8.16. The number of anilines is 1. The minimum atomic E-state index is -0.334. The molecule has 0 spiro atoms. The first-order valence-electron chi connectivity index (χ1n) is 10.4. The van der Waals surface area contributed by atoms with Gasteiger partial charge in [0.2, 0.25) is 11.9 Å². The lowest BCUT2D eigenvalue weighted by molar-refractivity contribution is -0.150. The number of aliphatic hydroxyl groups is 1. The fourth-order valence-electron chi connectivity index (χ4n) is 4.52. The molecule has 2 saturated heterocycles. The van der Waals surface area contributed by atoms with Crippen LogP contribution in [0.5, 0.6) is 0 Å². The van der Waals surface area contributed by atoms with Gasteiger partial charge in [-0.2, -0.15) is 0 Å². The van der Waals surface area contributed by atoms with Crippen LogP contribution in [-0.2, 0) is 14.3 Å². The molecule has 0 bridgehead atoms. The van der Waals surface area contributed by atoms with Crippen molar-refractivity contribution in [1.29, 1.82) is 0 Å². The molecule has 1 saturated carbocycles. The number of nitrogens with zero attached hydrogens (tertiary/aromatic N) is 5. The van der Waals surface area contributed by atoms with E-state index in [2.05, 4.69) is 14.9 Å². The summed E-state index contributed by atoms with van der Waals surface area (Å²) >= 11 is 0. The predicted octanol–water partition coefficient (Wildman–Crippen LogP) is -0.240. The van der Waals surface area contributed by atoms with E-state index in [9.17, 15) is 14.7 Å². The molecule has 1 aromatic rings. The van der Waals surface area contributed by atoms with E-state index in [4.69, 9.17) is 4.74 Å². The van der Waals surface area contributed by atoms with Crippen molar-refractivity contribution in [3.8, 4) is 0 Å². The third-order valence-corrected chi connectivity index (χ3v) is 6.16. The van der Waals surface area contributed by atoms with E-state index in [0.29, 0.717) is 58.1 Å². The van der Waals surface area contributed by atoms with Gasteiger partial charge in [-0.25, -0.2) is 9.97 Å². The molecule has 0 unspecified atom stereocenters. The second kappa shape index (κ2) is 8.62. The van der Waals surface area contributed by atoms with Gasteiger partial charge in [-0.1, -0.05) is 0 Å². The molecule has 1 N–H and O–H groups in total. The molecule has 1 amide bonds. The average molecular weight is 403 g/mol. The van der Waals surface area contributed by atoms with Crippen LogP contribution in [0.4, 0.5) is 5.95 Å². The number of hydrogen-bond acceptors (Lipinski definition) is 8. The van der Waals surface area contributed by atoms with Gasteiger partial charge in [0, 0.05) is 63.6 Å². The Balaban J connectivity index is 1.50. The number of hydrogen-bond donors (Lipinski definition) is 1. The molecule has 1 aliphatic carbocycles. The Morgan fingerprint density at radius 1 is 1.10 bits per heavy atom. The molecule has 29 heavy (non-hydrogen) atoms. The first-order chi connectivity index (χ1) is 14.0. The van der Waals surface area contributed by atoms with Gasteiger partial charge in [0.15, 0.2) is 0 Å². The van der Waals surface area contributed by atoms with Crippen LogP contribution >= 0.6 is 0 Å². The van der Waals surface area contributed by atoms with Crippen LogP contribution < -0.4 is 4.90 Å². The molecule has 3 heterocycles. The number of rotatable bonds is 4. The molecule has 1 aromatic heterocycles. The minimum Gasteiger partial charge on any atom is -0.466 e. The zero-order valence-electron chi connectivity index (χ0n) is 16.8. The zero-order chi connectivity index (χ0) is 20.4. The van der Waals surface area contributed by atoms with Gasteiger partial charge >= 0.3 is 5.97 Å². The molecular formula is C20H29N5O4. The minimum absolute atomic E-state index is 0.0526. The van der Waals surface area contributed by atoms with E-state index in [-0.39, 0.29) is 35.9 Å². The van der Waals surface area contributed by atoms with Gasteiger partial charge in [0.25, 0.3) is 0 Å². The standard InChI is InChI=1S/C20H29N5O4/c1-2-29-19(28)15-10-23-6-7-24(18(27)14-8-17(26)9-14)12-16(23)13-25(11-15)20-21-4-3-5-22-20/h3-5,14-17,26H,2,6-13H2,1H3/t14?,15-,16-,17?/m0/s1. The van der Waals surface area contributed by atoms with E-state index in [1.807, 2.05) is 16.7 Å². The number of carbonyl (C=O) groups is 2. The summed E-state index contributed by atoms with van der Waals surface area (Å²) in [5.41, 5.74) is 0. The topological polar surface area (TPSA) is 99.1 Å². The van der Waals surface area contributed by atoms with Gasteiger partial charge in [-0.15, -0.1) is 0 Å². The molecule has 2 aliphatic heterocycles. The summed E-state index contributed by atoms with van der Waals surface area (Å²) in [4.78, 5) is 40.3. The Kier molecular flexibility index (Phi) is 5.96. The van der Waals surface area contributed by atoms with Crippen molar-refractivity contribution in [3.63, 3.8) is 0 Å². The molecule has 4 rings (SSSR count). The van der Waals surface area contributed by atoms with Gasteiger partial charge < -0.3 is 19.6 Å². The van der Waals surface area contributed by atoms with E-state index in [0.717, 1.165) is 6.54 Å². The Morgan fingerprint density at radius 3 is 2.55 bits per heavy atom. The molecule has 0 aromatic carbocycles. The van der Waals surface area contributed by atoms with Crippen molar-refractivity contribution in [2.75, 3.05) is 50.8 Å². The van der Waals surface area contributed by atoms with Gasteiger partial charge in [0.1, 0.15) is 0 Å². The third-order valence-electron chi connectivity index (χ3n) is 6.16. The zero-order valence-corrected chi connectivity index (χ0v) is 16.8. The summed E-state index contributed by atoms with van der Waals surface area (Å²) in [5, 5.41) is 9.53. The normalized spacial score (nSPS) is 30.1. The van der Waals surface area contributed by atoms with Crippen molar-refractivity contribution < 1.29 is 19.4 Å². The first kappa shape index (κ1) is 20.0. The quantitative estimate of drug-likeness (QED) is 0.688. The summed E-state index contributed by atoms with van der Waals surface area (Å²) < 4.78 is 5.30. The monoisotopic (exact) mass is 403 g/mol. The maximum Gasteiger partial charge on any atom is 0.312 e. The molecule has 3 aliphatic rings. The second-order valence-corrected chi connectivity index (χ2v) is 8.16. The summed E-state index contributed by atoms with van der Waals surface area (Å²) in [5.74, 6) is 0.199. The third kappa shape index (κ3) is 4.35. The van der Waals surface area contributed by atoms with Crippen LogP contribution in [0.1, 0.15) is 19.8 Å². The Bertz CT molecular complexity index is 727. The smallest absolute Gasteiger partial charge is 0.312 e. The summed E-state index contributed by atoms with van der Waals surface area (Å²) in [6.45, 7) is 5.93. The molecule has 9 heteroatoms. The van der Waals surface area contributed by atoms with E-state index < -0.39 is 0 Å². The molecule has 9 nitrogen and oxygen atoms in total. The van der Waals surface area contributed by atoms with Crippen LogP contribution in [0.2, 0.25) is 0 Å². The SMILES string of the molecule is CCOC(=O)[C@@H]1CN(c2ncccn2)C[C@@H]2CN(C(=O)C3CC(O)C3)CCN2C1. The average Bonchev–Trinajstić information content (AvgIpc) is 2.91. The number of ether oxygens (including phenoxy) is 1. The number of carbonyl (C=O) groups excluding carboxylic acids is 2. The molecule has 3 fully saturated rings. The number of aliphatic hydroxyl groups excluding tert-OH is 1. The largest absolute Gasteiger partial charge is 0.466 e. The number of esters is 1. The lowest BCUT2D eigenvalue weighted by Gasteiger charge is -2.44. The Hall–Kier alpha value is -2.26. The van der Waals surface area contributed by atoms with Crippen LogP contribution in [0, 0.1) is 11.8 Å². The van der Waals surface area contributed by atoms with E-state index in [1.54, 1.807) is 18.5 Å². The summed E-state index contributed by atoms with van der Waals surface area (Å²) in [6.07, 6.45) is 4.20. The lowest BCUT2D eigenvalue weighted by Crippen LogP contribution is -2.59. The van der Waals surface area contributed by atoms with Crippen molar-refractivity contribution >= 4 is 17.8 Å². The highest BCUT2D eigenvalue weighted by Crippen LogP contribution is 2.30. The van der Waals surface area contributed by atoms with Gasteiger partial charge in [0.05, 0.1) is 18.6 Å². The Labute approximate surface area is 170 Å². The summed E-state index contributed by atoms with van der Waals surface area (Å²) in [7, 11) is 0. The molecule has 158 valence electrons. The highest BCUT2D eigenvalue weighted by molar-refractivity contribution is 5.80. The lowest BCUT2D eigenvalue weighted by atomic mass is 9.81. The Morgan fingerprint density at radius 2 is 1.86 bits per heavy atom. The highest BCUT2D eigenvalue weighted by atomic mass is 16.5. The number of fused-ring (bicyclic) bond motifs is 1. The number of aromatic nitrogens is 2. The van der Waals surface area contributed by atoms with Crippen LogP contribution in [0.3, 0.4) is 0 Å². The maximum atomic E-state index is 12.8. The first-order valence-corrected chi connectivity index (χ1v) is 10.4. The predicted molar refractivity (Wildman–Crippen MR) is 105 cm³/mol. The van der Waals surface area contributed by atoms with Crippen molar-refractivity contribution in [1.82, 2.24) is 19.8 Å². The van der Waals surface area contributed by atoms with Crippen molar-refractivity contribution in [2.24, 2.45) is 11.8 Å². The number of amides is 1. The van der Waals surface area contributed by atoms with Crippen LogP contribution in [0.25, 0.3) is 0 Å². The van der Waals surface area contributed by atoms with Crippen molar-refractivity contribution in [2.45, 2.75) is 31.9 Å². The van der Waals surface area contributed by atoms with E-state index in [1.165, 1.54) is 0 Å². The van der Waals surface area contributed by atoms with Crippen LogP contribution in [0.15, 0.2) is 18.5 Å². The molecule has 2 atom stereocenters. The summed E-state index contributed by atoms with van der Waals surface area (Å²) in [6, 6.07) is 1.87.